The van der Waals surface area contributed by atoms with Crippen molar-refractivity contribution in [3.63, 3.8) is 0 Å². The number of alkyl halides is 3. The van der Waals surface area contributed by atoms with Gasteiger partial charge in [-0.1, -0.05) is 0 Å². The van der Waals surface area contributed by atoms with Crippen LogP contribution in [0, 0.1) is 0 Å². The maximum Gasteiger partial charge on any atom is 0.414 e. The first kappa shape index (κ1) is 11.2. The van der Waals surface area contributed by atoms with Gasteiger partial charge in [0.1, 0.15) is 0 Å². The molecule has 0 aromatic carbocycles. The maximum atomic E-state index is 11.9. The highest BCUT2D eigenvalue weighted by Crippen LogP contribution is 2.20. The van der Waals surface area contributed by atoms with Crippen LogP contribution < -0.4 is 5.32 Å². The minimum absolute atomic E-state index is 0.0624. The highest BCUT2D eigenvalue weighted by molar-refractivity contribution is 5.76. The maximum absolute atomic E-state index is 11.9. The molecule has 3 nitrogen and oxygen atoms in total. The van der Waals surface area contributed by atoms with Crippen molar-refractivity contribution in [2.24, 2.45) is 0 Å². The first-order valence-electron chi connectivity index (χ1n) is 3.34. The number of halogens is 3. The molecule has 0 heterocycles. The molecule has 0 fully saturated rings. The van der Waals surface area contributed by atoms with Crippen molar-refractivity contribution in [3.8, 4) is 0 Å². The number of nitrogens with one attached hydrogen (secondary N) is 1. The second-order valence-electron chi connectivity index (χ2n) is 2.02. The van der Waals surface area contributed by atoms with Crippen molar-refractivity contribution in [1.82, 2.24) is 5.32 Å². The molecule has 0 bridgehead atoms. The summed E-state index contributed by atoms with van der Waals surface area (Å²) in [6.07, 6.45) is -4.60. The van der Waals surface area contributed by atoms with Crippen LogP contribution in [-0.2, 0) is 9.53 Å². The third kappa shape index (κ3) is 3.08. The molecule has 0 aliphatic carbocycles. The van der Waals surface area contributed by atoms with Crippen LogP contribution in [0.4, 0.5) is 13.2 Å². The van der Waals surface area contributed by atoms with Crippen LogP contribution in [0.15, 0.2) is 0 Å². The molecular formula is C6H10F3NO2. The molecule has 6 heteroatoms. The number of carbonyl (C=O) groups excluding carboxylic acids is 1. The lowest BCUT2D eigenvalue weighted by Crippen LogP contribution is -2.47. The Bertz CT molecular complexity index is 157. The van der Waals surface area contributed by atoms with Crippen LogP contribution in [0.5, 0.6) is 0 Å². The van der Waals surface area contributed by atoms with Crippen molar-refractivity contribution in [2.75, 3.05) is 13.7 Å². The van der Waals surface area contributed by atoms with Crippen LogP contribution in [0.25, 0.3) is 0 Å². The molecule has 12 heavy (non-hydrogen) atoms. The standard InChI is InChI=1S/C6H10F3NO2/c1-3-12-5(11)4(10-2)6(7,8)9/h4,10H,3H2,1-2H3. The minimum Gasteiger partial charge on any atom is -0.465 e. The van der Waals surface area contributed by atoms with E-state index in [1.165, 1.54) is 6.92 Å². The van der Waals surface area contributed by atoms with E-state index in [-0.39, 0.29) is 6.61 Å². The van der Waals surface area contributed by atoms with E-state index in [0.29, 0.717) is 0 Å². The normalized spacial score (nSPS) is 14.1. The lowest BCUT2D eigenvalue weighted by Gasteiger charge is -2.17. The lowest BCUT2D eigenvalue weighted by atomic mass is 10.3. The Balaban J connectivity index is 4.25. The van der Waals surface area contributed by atoms with Gasteiger partial charge in [0.25, 0.3) is 0 Å². The SMILES string of the molecule is CCOC(=O)C(NC)C(F)(F)F. The summed E-state index contributed by atoms with van der Waals surface area (Å²) in [4.78, 5) is 10.6. The van der Waals surface area contributed by atoms with Gasteiger partial charge in [0.05, 0.1) is 6.61 Å². The molecule has 0 aliphatic heterocycles. The zero-order chi connectivity index (χ0) is 9.78. The molecule has 1 atom stereocenters. The summed E-state index contributed by atoms with van der Waals surface area (Å²) in [7, 11) is 1.05. The zero-order valence-corrected chi connectivity index (χ0v) is 6.73. The molecule has 0 rings (SSSR count). The summed E-state index contributed by atoms with van der Waals surface area (Å²) in [6, 6.07) is -2.22. The summed E-state index contributed by atoms with van der Waals surface area (Å²) in [5.74, 6) is -1.30. The Hall–Kier alpha value is -0.780. The van der Waals surface area contributed by atoms with Gasteiger partial charge in [-0.2, -0.15) is 13.2 Å². The van der Waals surface area contributed by atoms with Crippen LogP contribution in [-0.4, -0.2) is 31.8 Å². The second-order valence-corrected chi connectivity index (χ2v) is 2.02. The van der Waals surface area contributed by atoms with Gasteiger partial charge in [-0.15, -0.1) is 0 Å². The molecule has 72 valence electrons. The summed E-state index contributed by atoms with van der Waals surface area (Å²) < 4.78 is 40.0. The topological polar surface area (TPSA) is 38.3 Å². The molecule has 0 radical (unpaired) electrons. The fourth-order valence-corrected chi connectivity index (χ4v) is 0.641. The number of hydrogen-bond acceptors (Lipinski definition) is 3. The first-order valence-corrected chi connectivity index (χ1v) is 3.34. The van der Waals surface area contributed by atoms with Crippen LogP contribution in [0.1, 0.15) is 6.92 Å². The van der Waals surface area contributed by atoms with Crippen molar-refractivity contribution >= 4 is 5.97 Å². The third-order valence-corrected chi connectivity index (χ3v) is 1.14. The van der Waals surface area contributed by atoms with Gasteiger partial charge in [-0.25, -0.2) is 4.79 Å². The van der Waals surface area contributed by atoms with Crippen LogP contribution >= 0.6 is 0 Å². The molecule has 0 aromatic heterocycles. The summed E-state index contributed by atoms with van der Waals surface area (Å²) in [5.41, 5.74) is 0. The average Bonchev–Trinajstić information content (AvgIpc) is 1.85. The van der Waals surface area contributed by atoms with E-state index in [1.807, 2.05) is 5.32 Å². The number of hydrogen-bond donors (Lipinski definition) is 1. The Labute approximate surface area is 67.9 Å². The van der Waals surface area contributed by atoms with E-state index in [2.05, 4.69) is 4.74 Å². The molecule has 0 spiro atoms. The second kappa shape index (κ2) is 4.30. The predicted molar refractivity (Wildman–Crippen MR) is 35.5 cm³/mol. The van der Waals surface area contributed by atoms with Gasteiger partial charge in [0, 0.05) is 0 Å². The van der Waals surface area contributed by atoms with Gasteiger partial charge in [-0.05, 0) is 14.0 Å². The summed E-state index contributed by atoms with van der Waals surface area (Å²) in [5, 5.41) is 1.83. The lowest BCUT2D eigenvalue weighted by molar-refractivity contribution is -0.183. The van der Waals surface area contributed by atoms with Crippen molar-refractivity contribution in [2.45, 2.75) is 19.1 Å². The van der Waals surface area contributed by atoms with E-state index in [9.17, 15) is 18.0 Å². The number of carbonyl (C=O) groups is 1. The average molecular weight is 185 g/mol. The van der Waals surface area contributed by atoms with Gasteiger partial charge in [0.2, 0.25) is 6.04 Å². The summed E-state index contributed by atoms with van der Waals surface area (Å²) in [6.45, 7) is 1.38. The molecule has 0 aliphatic rings. The number of ether oxygens (including phenoxy) is 1. The van der Waals surface area contributed by atoms with E-state index < -0.39 is 18.2 Å². The number of esters is 1. The zero-order valence-electron chi connectivity index (χ0n) is 6.73. The largest absolute Gasteiger partial charge is 0.465 e. The Kier molecular flexibility index (Phi) is 4.02. The van der Waals surface area contributed by atoms with E-state index in [0.717, 1.165) is 7.05 Å². The van der Waals surface area contributed by atoms with Crippen molar-refractivity contribution in [1.29, 1.82) is 0 Å². The fraction of sp³-hybridized carbons (Fsp3) is 0.833. The molecule has 0 saturated heterocycles. The van der Waals surface area contributed by atoms with Gasteiger partial charge >= 0.3 is 12.1 Å². The monoisotopic (exact) mass is 185 g/mol. The van der Waals surface area contributed by atoms with E-state index in [1.54, 1.807) is 0 Å². The van der Waals surface area contributed by atoms with Gasteiger partial charge in [-0.3, -0.25) is 5.32 Å². The Morgan fingerprint density at radius 2 is 2.08 bits per heavy atom. The predicted octanol–water partition coefficient (Wildman–Crippen LogP) is 0.700. The van der Waals surface area contributed by atoms with Gasteiger partial charge in [0.15, 0.2) is 0 Å². The molecular weight excluding hydrogens is 175 g/mol. The highest BCUT2D eigenvalue weighted by atomic mass is 19.4. The highest BCUT2D eigenvalue weighted by Gasteiger charge is 2.44. The van der Waals surface area contributed by atoms with E-state index in [4.69, 9.17) is 0 Å². The molecule has 0 saturated carbocycles. The Morgan fingerprint density at radius 3 is 2.33 bits per heavy atom. The Morgan fingerprint density at radius 1 is 1.58 bits per heavy atom. The van der Waals surface area contributed by atoms with Crippen molar-refractivity contribution < 1.29 is 22.7 Å². The molecule has 1 N–H and O–H groups in total. The fourth-order valence-electron chi connectivity index (χ4n) is 0.641. The summed E-state index contributed by atoms with van der Waals surface area (Å²) >= 11 is 0. The van der Waals surface area contributed by atoms with Crippen molar-refractivity contribution in [3.05, 3.63) is 0 Å². The van der Waals surface area contributed by atoms with E-state index >= 15 is 0 Å². The quantitative estimate of drug-likeness (QED) is 0.658. The minimum atomic E-state index is -4.60. The number of likely N-dealkylation sites (N-methyl/N-ethyl adjacent to an activating group) is 1. The van der Waals surface area contributed by atoms with Gasteiger partial charge < -0.3 is 4.74 Å². The molecule has 0 amide bonds. The smallest absolute Gasteiger partial charge is 0.414 e. The number of rotatable bonds is 3. The first-order chi connectivity index (χ1) is 5.43. The third-order valence-electron chi connectivity index (χ3n) is 1.14. The molecule has 0 aromatic rings. The van der Waals surface area contributed by atoms with Crippen LogP contribution in [0.2, 0.25) is 0 Å². The molecule has 1 unspecified atom stereocenters. The van der Waals surface area contributed by atoms with Crippen LogP contribution in [0.3, 0.4) is 0 Å².